The van der Waals surface area contributed by atoms with Crippen molar-refractivity contribution in [3.63, 3.8) is 0 Å². The van der Waals surface area contributed by atoms with Crippen molar-refractivity contribution < 1.29 is 19.4 Å². The third-order valence-electron chi connectivity index (χ3n) is 8.04. The maximum atomic E-state index is 12.5. The normalized spacial score (nSPS) is 48.9. The average Bonchev–Trinajstić information content (AvgIpc) is 2.82. The van der Waals surface area contributed by atoms with Gasteiger partial charge in [0.25, 0.3) is 0 Å². The van der Waals surface area contributed by atoms with Crippen LogP contribution in [0.1, 0.15) is 65.7 Å². The Balaban J connectivity index is 1.64. The SMILES string of the molecule is CC(=O)OC1CCC2(C)C(=CCC3C4CCC(=O)C4(C)CC(O)C32)C1. The van der Waals surface area contributed by atoms with E-state index < -0.39 is 6.10 Å². The molecule has 0 radical (unpaired) electrons. The van der Waals surface area contributed by atoms with Gasteiger partial charge in [0.1, 0.15) is 11.9 Å². The Labute approximate surface area is 150 Å². The lowest BCUT2D eigenvalue weighted by atomic mass is 9.47. The number of carbonyl (C=O) groups excluding carboxylic acids is 2. The number of esters is 1. The van der Waals surface area contributed by atoms with E-state index in [-0.39, 0.29) is 28.8 Å². The van der Waals surface area contributed by atoms with E-state index in [1.54, 1.807) is 0 Å². The van der Waals surface area contributed by atoms with Crippen LogP contribution in [0.3, 0.4) is 0 Å². The largest absolute Gasteiger partial charge is 0.462 e. The van der Waals surface area contributed by atoms with Crippen LogP contribution in [-0.4, -0.2) is 29.1 Å². The second-order valence-electron chi connectivity index (χ2n) is 9.30. The molecule has 4 nitrogen and oxygen atoms in total. The van der Waals surface area contributed by atoms with Crippen LogP contribution >= 0.6 is 0 Å². The molecule has 138 valence electrons. The first kappa shape index (κ1) is 17.3. The molecule has 0 saturated heterocycles. The number of Topliss-reactive ketones (excluding diaryl/α,β-unsaturated/α-hetero) is 1. The number of aliphatic hydroxyl groups is 1. The van der Waals surface area contributed by atoms with Crippen LogP contribution in [-0.2, 0) is 14.3 Å². The van der Waals surface area contributed by atoms with Crippen molar-refractivity contribution in [2.45, 2.75) is 77.9 Å². The molecule has 25 heavy (non-hydrogen) atoms. The minimum Gasteiger partial charge on any atom is -0.462 e. The summed E-state index contributed by atoms with van der Waals surface area (Å²) < 4.78 is 5.46. The first-order valence-electron chi connectivity index (χ1n) is 9.84. The van der Waals surface area contributed by atoms with Crippen LogP contribution in [0.15, 0.2) is 11.6 Å². The zero-order valence-corrected chi connectivity index (χ0v) is 15.6. The summed E-state index contributed by atoms with van der Waals surface area (Å²) in [6.07, 6.45) is 7.76. The summed E-state index contributed by atoms with van der Waals surface area (Å²) in [6.45, 7) is 5.86. The van der Waals surface area contributed by atoms with E-state index in [9.17, 15) is 14.7 Å². The molecular formula is C21H30O4. The Morgan fingerprint density at radius 3 is 2.76 bits per heavy atom. The fourth-order valence-corrected chi connectivity index (χ4v) is 6.87. The van der Waals surface area contributed by atoms with Crippen LogP contribution in [0.2, 0.25) is 0 Å². The van der Waals surface area contributed by atoms with Crippen molar-refractivity contribution in [1.82, 2.24) is 0 Å². The van der Waals surface area contributed by atoms with Gasteiger partial charge in [0.2, 0.25) is 0 Å². The van der Waals surface area contributed by atoms with Gasteiger partial charge >= 0.3 is 5.97 Å². The van der Waals surface area contributed by atoms with Crippen molar-refractivity contribution in [3.8, 4) is 0 Å². The molecule has 7 unspecified atom stereocenters. The number of hydrogen-bond donors (Lipinski definition) is 1. The number of carbonyl (C=O) groups is 2. The highest BCUT2D eigenvalue weighted by Crippen LogP contribution is 2.64. The standard InChI is InChI=1S/C21H30O4/c1-12(22)25-14-8-9-20(2)13(10-14)4-5-15-16-6-7-18(24)21(16,3)11-17(23)19(15)20/h4,14-17,19,23H,5-11H2,1-3H3. The number of rotatable bonds is 1. The lowest BCUT2D eigenvalue weighted by Crippen LogP contribution is -2.56. The predicted molar refractivity (Wildman–Crippen MR) is 93.7 cm³/mol. The van der Waals surface area contributed by atoms with Crippen molar-refractivity contribution in [2.75, 3.05) is 0 Å². The Bertz CT molecular complexity index is 638. The Kier molecular flexibility index (Phi) is 3.91. The molecule has 0 aromatic heterocycles. The molecule has 1 N–H and O–H groups in total. The van der Waals surface area contributed by atoms with Crippen LogP contribution in [0, 0.1) is 28.6 Å². The summed E-state index contributed by atoms with van der Waals surface area (Å²) in [6, 6.07) is 0. The molecule has 0 amide bonds. The minimum absolute atomic E-state index is 0.0209. The number of allylic oxidation sites excluding steroid dienone is 1. The van der Waals surface area contributed by atoms with Gasteiger partial charge in [-0.15, -0.1) is 0 Å². The summed E-state index contributed by atoms with van der Waals surface area (Å²) in [4.78, 5) is 23.8. The molecule has 0 aromatic rings. The number of ether oxygens (including phenoxy) is 1. The maximum Gasteiger partial charge on any atom is 0.302 e. The molecule has 4 aliphatic rings. The Hall–Kier alpha value is -1.16. The fourth-order valence-electron chi connectivity index (χ4n) is 6.87. The molecule has 3 saturated carbocycles. The molecule has 3 fully saturated rings. The molecule has 0 aliphatic heterocycles. The predicted octanol–water partition coefficient (Wildman–Crippen LogP) is 3.42. The zero-order chi connectivity index (χ0) is 18.0. The van der Waals surface area contributed by atoms with Gasteiger partial charge in [-0.25, -0.2) is 0 Å². The van der Waals surface area contributed by atoms with E-state index in [1.807, 2.05) is 0 Å². The number of fused-ring (bicyclic) bond motifs is 5. The first-order valence-corrected chi connectivity index (χ1v) is 9.84. The van der Waals surface area contributed by atoms with Crippen molar-refractivity contribution >= 4 is 11.8 Å². The molecule has 0 aromatic carbocycles. The van der Waals surface area contributed by atoms with Crippen molar-refractivity contribution in [3.05, 3.63) is 11.6 Å². The maximum absolute atomic E-state index is 12.5. The fraction of sp³-hybridized carbons (Fsp3) is 0.810. The summed E-state index contributed by atoms with van der Waals surface area (Å²) in [5.41, 5.74) is 1.02. The van der Waals surface area contributed by atoms with E-state index in [0.29, 0.717) is 30.5 Å². The summed E-state index contributed by atoms with van der Waals surface area (Å²) in [5, 5.41) is 11.1. The molecule has 0 heterocycles. The molecule has 0 spiro atoms. The van der Waals surface area contributed by atoms with Gasteiger partial charge in [-0.3, -0.25) is 9.59 Å². The average molecular weight is 346 g/mol. The van der Waals surface area contributed by atoms with Crippen molar-refractivity contribution in [2.24, 2.45) is 28.6 Å². The van der Waals surface area contributed by atoms with Gasteiger partial charge in [-0.1, -0.05) is 25.5 Å². The van der Waals surface area contributed by atoms with Gasteiger partial charge in [-0.2, -0.15) is 0 Å². The van der Waals surface area contributed by atoms with Crippen LogP contribution < -0.4 is 0 Å². The molecule has 4 heteroatoms. The summed E-state index contributed by atoms with van der Waals surface area (Å²) >= 11 is 0. The third kappa shape index (κ3) is 2.43. The number of hydrogen-bond acceptors (Lipinski definition) is 4. The Morgan fingerprint density at radius 1 is 1.28 bits per heavy atom. The first-order chi connectivity index (χ1) is 11.8. The van der Waals surface area contributed by atoms with Crippen molar-refractivity contribution in [1.29, 1.82) is 0 Å². The van der Waals surface area contributed by atoms with Gasteiger partial charge in [-0.05, 0) is 55.3 Å². The highest BCUT2D eigenvalue weighted by Gasteiger charge is 2.61. The van der Waals surface area contributed by atoms with Gasteiger partial charge in [0.05, 0.1) is 6.10 Å². The van der Waals surface area contributed by atoms with Crippen LogP contribution in [0.5, 0.6) is 0 Å². The van der Waals surface area contributed by atoms with E-state index >= 15 is 0 Å². The molecule has 7 atom stereocenters. The second kappa shape index (κ2) is 5.67. The third-order valence-corrected chi connectivity index (χ3v) is 8.04. The lowest BCUT2D eigenvalue weighted by Gasteiger charge is -2.58. The number of ketones is 1. The molecular weight excluding hydrogens is 316 g/mol. The topological polar surface area (TPSA) is 63.6 Å². The van der Waals surface area contributed by atoms with Gasteiger partial charge in [0.15, 0.2) is 0 Å². The minimum atomic E-state index is -0.410. The lowest BCUT2D eigenvalue weighted by molar-refractivity contribution is -0.152. The molecule has 0 bridgehead atoms. The molecule has 4 aliphatic carbocycles. The van der Waals surface area contributed by atoms with E-state index in [2.05, 4.69) is 19.9 Å². The Morgan fingerprint density at radius 2 is 2.04 bits per heavy atom. The molecule has 4 rings (SSSR count). The van der Waals surface area contributed by atoms with E-state index in [4.69, 9.17) is 4.74 Å². The summed E-state index contributed by atoms with van der Waals surface area (Å²) in [5.74, 6) is 1.19. The van der Waals surface area contributed by atoms with Crippen LogP contribution in [0.4, 0.5) is 0 Å². The monoisotopic (exact) mass is 346 g/mol. The summed E-state index contributed by atoms with van der Waals surface area (Å²) in [7, 11) is 0. The quantitative estimate of drug-likeness (QED) is 0.584. The highest BCUT2D eigenvalue weighted by atomic mass is 16.5. The zero-order valence-electron chi connectivity index (χ0n) is 15.6. The van der Waals surface area contributed by atoms with E-state index in [0.717, 1.165) is 32.1 Å². The number of aliphatic hydroxyl groups excluding tert-OH is 1. The van der Waals surface area contributed by atoms with Gasteiger partial charge < -0.3 is 9.84 Å². The van der Waals surface area contributed by atoms with Crippen LogP contribution in [0.25, 0.3) is 0 Å². The smallest absolute Gasteiger partial charge is 0.302 e. The highest BCUT2D eigenvalue weighted by molar-refractivity contribution is 5.87. The van der Waals surface area contributed by atoms with Gasteiger partial charge in [0, 0.05) is 25.2 Å². The second-order valence-corrected chi connectivity index (χ2v) is 9.30. The van der Waals surface area contributed by atoms with E-state index in [1.165, 1.54) is 12.5 Å².